The fourth-order valence-electron chi connectivity index (χ4n) is 4.25. The highest BCUT2D eigenvalue weighted by Gasteiger charge is 2.28. The molecule has 2 aliphatic heterocycles. The average Bonchev–Trinajstić information content (AvgIpc) is 2.82. The lowest BCUT2D eigenvalue weighted by atomic mass is 9.98. The minimum atomic E-state index is -0.132. The number of rotatable bonds is 6. The Morgan fingerprint density at radius 1 is 1.09 bits per heavy atom. The molecule has 2 fully saturated rings. The van der Waals surface area contributed by atoms with Gasteiger partial charge in [-0.2, -0.15) is 0 Å². The summed E-state index contributed by atoms with van der Waals surface area (Å²) < 4.78 is 5.18. The molecule has 2 heterocycles. The molecule has 178 valence electrons. The Bertz CT molecular complexity index is 753. The van der Waals surface area contributed by atoms with Crippen LogP contribution in [0, 0.1) is 5.92 Å². The van der Waals surface area contributed by atoms with Crippen molar-refractivity contribution in [3.8, 4) is 0 Å². The molecule has 2 saturated heterocycles. The van der Waals surface area contributed by atoms with E-state index in [9.17, 15) is 9.59 Å². The summed E-state index contributed by atoms with van der Waals surface area (Å²) in [6.45, 7) is 7.43. The molecule has 0 saturated carbocycles. The highest BCUT2D eigenvalue weighted by Crippen LogP contribution is 2.18. The van der Waals surface area contributed by atoms with Crippen molar-refractivity contribution < 1.29 is 14.3 Å². The topological polar surface area (TPSA) is 77.5 Å². The van der Waals surface area contributed by atoms with E-state index in [1.54, 1.807) is 7.05 Å². The molecule has 0 radical (unpaired) electrons. The van der Waals surface area contributed by atoms with Crippen LogP contribution in [0.5, 0.6) is 0 Å². The lowest BCUT2D eigenvalue weighted by Gasteiger charge is -2.36. The van der Waals surface area contributed by atoms with Gasteiger partial charge < -0.3 is 24.8 Å². The number of piperidine rings is 1. The quantitative estimate of drug-likeness (QED) is 0.250. The number of nitrogens with one attached hydrogen (secondary N) is 1. The predicted molar refractivity (Wildman–Crippen MR) is 138 cm³/mol. The van der Waals surface area contributed by atoms with Gasteiger partial charge in [0, 0.05) is 65.0 Å². The fourth-order valence-corrected chi connectivity index (χ4v) is 4.25. The molecule has 1 N–H and O–H groups in total. The van der Waals surface area contributed by atoms with Gasteiger partial charge in [0.1, 0.15) is 0 Å². The molecule has 0 aromatic heterocycles. The zero-order chi connectivity index (χ0) is 22.1. The number of piperazine rings is 1. The normalized spacial score (nSPS) is 19.2. The number of guanidine groups is 1. The zero-order valence-electron chi connectivity index (χ0n) is 19.2. The second-order valence-corrected chi connectivity index (χ2v) is 7.96. The molecule has 2 aliphatic rings. The molecule has 8 nitrogen and oxygen atoms in total. The first-order valence-corrected chi connectivity index (χ1v) is 11.3. The molecule has 1 unspecified atom stereocenters. The highest BCUT2D eigenvalue weighted by molar-refractivity contribution is 14.0. The van der Waals surface area contributed by atoms with E-state index in [-0.39, 0.29) is 41.8 Å². The Kier molecular flexibility index (Phi) is 11.1. The van der Waals surface area contributed by atoms with Crippen LogP contribution >= 0.6 is 24.0 Å². The number of hydrogen-bond donors (Lipinski definition) is 1. The lowest BCUT2D eigenvalue weighted by molar-refractivity contribution is -0.149. The summed E-state index contributed by atoms with van der Waals surface area (Å²) in [5, 5.41) is 3.30. The summed E-state index contributed by atoms with van der Waals surface area (Å²) in [6.07, 6.45) is 2.20. The first-order valence-electron chi connectivity index (χ1n) is 11.3. The molecule has 1 amide bonds. The predicted octanol–water partition coefficient (Wildman–Crippen LogP) is 2.19. The molecule has 3 rings (SSSR count). The molecule has 0 bridgehead atoms. The van der Waals surface area contributed by atoms with Crippen LogP contribution in [0.25, 0.3) is 0 Å². The average molecular weight is 557 g/mol. The molecular weight excluding hydrogens is 521 g/mol. The van der Waals surface area contributed by atoms with Gasteiger partial charge in [-0.05, 0) is 31.9 Å². The number of benzene rings is 1. The minimum Gasteiger partial charge on any atom is -0.466 e. The smallest absolute Gasteiger partial charge is 0.310 e. The number of amides is 1. The van der Waals surface area contributed by atoms with Crippen molar-refractivity contribution in [3.63, 3.8) is 0 Å². The number of anilines is 1. The maximum Gasteiger partial charge on any atom is 0.310 e. The van der Waals surface area contributed by atoms with Gasteiger partial charge in [0.2, 0.25) is 5.91 Å². The zero-order valence-corrected chi connectivity index (χ0v) is 21.5. The van der Waals surface area contributed by atoms with Gasteiger partial charge in [-0.1, -0.05) is 18.2 Å². The molecule has 0 aliphatic carbocycles. The van der Waals surface area contributed by atoms with Gasteiger partial charge in [0.25, 0.3) is 0 Å². The summed E-state index contributed by atoms with van der Waals surface area (Å²) in [4.78, 5) is 35.4. The van der Waals surface area contributed by atoms with E-state index in [0.29, 0.717) is 26.1 Å². The Balaban J connectivity index is 0.00000363. The summed E-state index contributed by atoms with van der Waals surface area (Å²) in [6, 6.07) is 10.3. The van der Waals surface area contributed by atoms with Crippen molar-refractivity contribution in [1.82, 2.24) is 15.1 Å². The Morgan fingerprint density at radius 3 is 2.47 bits per heavy atom. The van der Waals surface area contributed by atoms with Crippen LogP contribution in [0.15, 0.2) is 35.3 Å². The Hall–Kier alpha value is -2.04. The van der Waals surface area contributed by atoms with E-state index in [1.165, 1.54) is 5.69 Å². The van der Waals surface area contributed by atoms with Gasteiger partial charge in [0.05, 0.1) is 12.5 Å². The van der Waals surface area contributed by atoms with Gasteiger partial charge in [0.15, 0.2) is 5.96 Å². The summed E-state index contributed by atoms with van der Waals surface area (Å²) in [7, 11) is 1.74. The van der Waals surface area contributed by atoms with E-state index < -0.39 is 0 Å². The number of para-hydroxylation sites is 1. The fraction of sp³-hybridized carbons (Fsp3) is 0.609. The van der Waals surface area contributed by atoms with Crippen molar-refractivity contribution in [2.45, 2.75) is 26.2 Å². The first kappa shape index (κ1) is 26.2. The van der Waals surface area contributed by atoms with E-state index >= 15 is 0 Å². The SMILES string of the molecule is CCOC(=O)C1CCCN(C(=NC)NCCC(=O)N2CCN(c3ccccc3)CC2)C1.I. The van der Waals surface area contributed by atoms with E-state index in [1.807, 2.05) is 30.0 Å². The third-order valence-electron chi connectivity index (χ3n) is 5.93. The van der Waals surface area contributed by atoms with Gasteiger partial charge >= 0.3 is 5.97 Å². The molecule has 9 heteroatoms. The van der Waals surface area contributed by atoms with Crippen LogP contribution in [0.4, 0.5) is 5.69 Å². The van der Waals surface area contributed by atoms with Crippen LogP contribution < -0.4 is 10.2 Å². The number of carbonyl (C=O) groups is 2. The maximum absolute atomic E-state index is 12.7. The van der Waals surface area contributed by atoms with Crippen molar-refractivity contribution in [3.05, 3.63) is 30.3 Å². The second-order valence-electron chi connectivity index (χ2n) is 7.96. The standard InChI is InChI=1S/C23H35N5O3.HI/c1-3-31-22(30)19-8-7-13-28(18-19)23(24-2)25-12-11-21(29)27-16-14-26(15-17-27)20-9-5-4-6-10-20;/h4-6,9-10,19H,3,7-8,11-18H2,1-2H3,(H,24,25);1H. The van der Waals surface area contributed by atoms with E-state index in [2.05, 4.69) is 32.2 Å². The van der Waals surface area contributed by atoms with Gasteiger partial charge in [-0.3, -0.25) is 14.6 Å². The van der Waals surface area contributed by atoms with Gasteiger partial charge in [-0.25, -0.2) is 0 Å². The third kappa shape index (κ3) is 7.25. The van der Waals surface area contributed by atoms with Crippen LogP contribution in [0.3, 0.4) is 0 Å². The number of esters is 1. The molecule has 32 heavy (non-hydrogen) atoms. The van der Waals surface area contributed by atoms with Crippen molar-refractivity contribution >= 4 is 47.5 Å². The molecular formula is C23H36IN5O3. The molecule has 1 aromatic carbocycles. The Labute approximate surface area is 208 Å². The first-order chi connectivity index (χ1) is 15.1. The molecule has 0 spiro atoms. The summed E-state index contributed by atoms with van der Waals surface area (Å²) in [5.74, 6) is 0.664. The van der Waals surface area contributed by atoms with Crippen molar-refractivity contribution in [2.24, 2.45) is 10.9 Å². The number of carbonyl (C=O) groups excluding carboxylic acids is 2. The number of ether oxygens (including phenoxy) is 1. The highest BCUT2D eigenvalue weighted by atomic mass is 127. The molecule has 1 aromatic rings. The van der Waals surface area contributed by atoms with Crippen LogP contribution in [-0.4, -0.2) is 87.1 Å². The van der Waals surface area contributed by atoms with E-state index in [0.717, 1.165) is 51.5 Å². The van der Waals surface area contributed by atoms with Crippen molar-refractivity contribution in [2.75, 3.05) is 64.4 Å². The summed E-state index contributed by atoms with van der Waals surface area (Å²) in [5.41, 5.74) is 1.21. The van der Waals surface area contributed by atoms with Crippen molar-refractivity contribution in [1.29, 1.82) is 0 Å². The largest absolute Gasteiger partial charge is 0.466 e. The number of nitrogens with zero attached hydrogens (tertiary/aromatic N) is 4. The lowest BCUT2D eigenvalue weighted by Crippen LogP contribution is -2.50. The van der Waals surface area contributed by atoms with Crippen LogP contribution in [0.2, 0.25) is 0 Å². The molecule has 1 atom stereocenters. The minimum absolute atomic E-state index is 0. The summed E-state index contributed by atoms with van der Waals surface area (Å²) >= 11 is 0. The number of hydrogen-bond acceptors (Lipinski definition) is 5. The van der Waals surface area contributed by atoms with Crippen LogP contribution in [-0.2, 0) is 14.3 Å². The Morgan fingerprint density at radius 2 is 1.81 bits per heavy atom. The third-order valence-corrected chi connectivity index (χ3v) is 5.93. The van der Waals surface area contributed by atoms with E-state index in [4.69, 9.17) is 4.74 Å². The van der Waals surface area contributed by atoms with Crippen LogP contribution in [0.1, 0.15) is 26.2 Å². The maximum atomic E-state index is 12.7. The van der Waals surface area contributed by atoms with Gasteiger partial charge in [-0.15, -0.1) is 24.0 Å². The number of aliphatic imine (C=N–C) groups is 1. The monoisotopic (exact) mass is 557 g/mol. The number of likely N-dealkylation sites (tertiary alicyclic amines) is 1. The number of halogens is 1. The second kappa shape index (κ2) is 13.5.